The van der Waals surface area contributed by atoms with Crippen molar-refractivity contribution in [1.82, 2.24) is 19.9 Å². The van der Waals surface area contributed by atoms with Gasteiger partial charge in [0.05, 0.1) is 22.4 Å². The van der Waals surface area contributed by atoms with E-state index >= 15 is 0 Å². The van der Waals surface area contributed by atoms with Crippen LogP contribution in [0, 0.1) is 0 Å². The van der Waals surface area contributed by atoms with Gasteiger partial charge >= 0.3 is 0 Å². The van der Waals surface area contributed by atoms with Crippen LogP contribution in [0.3, 0.4) is 0 Å². The van der Waals surface area contributed by atoms with Crippen LogP contribution in [-0.2, 0) is 0 Å². The Labute approximate surface area is 300 Å². The Bertz CT molecular complexity index is 2750. The Hall–Kier alpha value is -7.04. The van der Waals surface area contributed by atoms with Crippen molar-refractivity contribution in [1.29, 1.82) is 0 Å². The van der Waals surface area contributed by atoms with Gasteiger partial charge in [0.2, 0.25) is 0 Å². The van der Waals surface area contributed by atoms with Crippen molar-refractivity contribution in [2.75, 3.05) is 0 Å². The number of aromatic nitrogens is 4. The van der Waals surface area contributed by atoms with Crippen molar-refractivity contribution in [3.63, 3.8) is 0 Å². The first-order valence-electron chi connectivity index (χ1n) is 17.4. The van der Waals surface area contributed by atoms with Gasteiger partial charge in [-0.25, -0.2) is 9.97 Å². The summed E-state index contributed by atoms with van der Waals surface area (Å²) in [7, 11) is 0. The number of benzene rings is 7. The normalized spacial score (nSPS) is 11.5. The van der Waals surface area contributed by atoms with E-state index < -0.39 is 0 Å². The van der Waals surface area contributed by atoms with Gasteiger partial charge in [0.15, 0.2) is 5.82 Å². The summed E-state index contributed by atoms with van der Waals surface area (Å²) in [6, 6.07) is 59.4. The predicted molar refractivity (Wildman–Crippen MR) is 215 cm³/mol. The van der Waals surface area contributed by atoms with Crippen LogP contribution < -0.4 is 0 Å². The van der Waals surface area contributed by atoms with Gasteiger partial charge in [-0.05, 0) is 69.1 Å². The van der Waals surface area contributed by atoms with Gasteiger partial charge in [0, 0.05) is 51.0 Å². The average molecular weight is 663 g/mol. The SMILES string of the molecule is c1ccc2ncc(-c3ccc(-c4cc(-c5c6ccccc6cc6ccccc56)nc(-c5ccc(-c6cnc7ccccc7c6)cc5)n4)cc3)cc2c1. The van der Waals surface area contributed by atoms with Gasteiger partial charge < -0.3 is 0 Å². The zero-order chi connectivity index (χ0) is 34.4. The third-order valence-corrected chi connectivity index (χ3v) is 9.92. The lowest BCUT2D eigenvalue weighted by atomic mass is 9.94. The van der Waals surface area contributed by atoms with Crippen molar-refractivity contribution in [2.45, 2.75) is 0 Å². The molecule has 0 aliphatic heterocycles. The molecule has 0 saturated carbocycles. The summed E-state index contributed by atoms with van der Waals surface area (Å²) in [5, 5.41) is 6.93. The van der Waals surface area contributed by atoms with Crippen LogP contribution in [0.4, 0.5) is 0 Å². The van der Waals surface area contributed by atoms with E-state index in [1.165, 1.54) is 10.8 Å². The minimum Gasteiger partial charge on any atom is -0.256 e. The van der Waals surface area contributed by atoms with Crippen LogP contribution in [-0.4, -0.2) is 19.9 Å². The van der Waals surface area contributed by atoms with E-state index in [2.05, 4.69) is 145 Å². The highest BCUT2D eigenvalue weighted by Gasteiger charge is 2.16. The van der Waals surface area contributed by atoms with Crippen molar-refractivity contribution in [3.05, 3.63) is 182 Å². The number of hydrogen-bond acceptors (Lipinski definition) is 4. The van der Waals surface area contributed by atoms with E-state index in [1.54, 1.807) is 0 Å². The lowest BCUT2D eigenvalue weighted by Crippen LogP contribution is -1.97. The molecule has 4 heteroatoms. The molecule has 0 amide bonds. The number of rotatable bonds is 5. The van der Waals surface area contributed by atoms with E-state index in [0.29, 0.717) is 5.82 Å². The fourth-order valence-electron chi connectivity index (χ4n) is 7.24. The first-order valence-corrected chi connectivity index (χ1v) is 17.4. The van der Waals surface area contributed by atoms with Crippen LogP contribution in [0.15, 0.2) is 182 Å². The van der Waals surface area contributed by atoms with E-state index in [1.807, 2.05) is 42.7 Å². The van der Waals surface area contributed by atoms with Gasteiger partial charge in [-0.15, -0.1) is 0 Å². The molecule has 10 aromatic rings. The molecule has 3 heterocycles. The van der Waals surface area contributed by atoms with Crippen LogP contribution in [0.25, 0.3) is 99.5 Å². The maximum atomic E-state index is 5.31. The number of fused-ring (bicyclic) bond motifs is 4. The highest BCUT2D eigenvalue weighted by atomic mass is 14.9. The van der Waals surface area contributed by atoms with Crippen molar-refractivity contribution in [2.24, 2.45) is 0 Å². The predicted octanol–water partition coefficient (Wildman–Crippen LogP) is 12.2. The maximum absolute atomic E-state index is 5.31. The number of pyridine rings is 2. The lowest BCUT2D eigenvalue weighted by Gasteiger charge is -2.14. The fraction of sp³-hybridized carbons (Fsp3) is 0. The highest BCUT2D eigenvalue weighted by Crippen LogP contribution is 2.38. The topological polar surface area (TPSA) is 51.6 Å². The zero-order valence-electron chi connectivity index (χ0n) is 28.1. The molecule has 7 aromatic carbocycles. The minimum atomic E-state index is 0.676. The molecule has 0 aliphatic carbocycles. The average Bonchev–Trinajstić information content (AvgIpc) is 3.22. The fourth-order valence-corrected chi connectivity index (χ4v) is 7.24. The Balaban J connectivity index is 1.11. The summed E-state index contributed by atoms with van der Waals surface area (Å²) in [4.78, 5) is 19.9. The van der Waals surface area contributed by atoms with Gasteiger partial charge in [0.1, 0.15) is 0 Å². The van der Waals surface area contributed by atoms with Gasteiger partial charge in [-0.3, -0.25) is 9.97 Å². The number of para-hydroxylation sites is 2. The quantitative estimate of drug-likeness (QED) is 0.172. The zero-order valence-corrected chi connectivity index (χ0v) is 28.1. The molecule has 0 bridgehead atoms. The smallest absolute Gasteiger partial charge is 0.160 e. The molecule has 4 nitrogen and oxygen atoms in total. The molecule has 0 radical (unpaired) electrons. The summed E-state index contributed by atoms with van der Waals surface area (Å²) in [6.07, 6.45) is 3.89. The first-order chi connectivity index (χ1) is 25.7. The van der Waals surface area contributed by atoms with Crippen LogP contribution in [0.1, 0.15) is 0 Å². The van der Waals surface area contributed by atoms with Crippen LogP contribution in [0.2, 0.25) is 0 Å². The molecule has 0 saturated heterocycles. The Kier molecular flexibility index (Phi) is 7.10. The standard InChI is InChI=1S/C48H30N4/c1-5-13-41-35(9-1)25-36-10-2-6-14-42(36)47(41)46-28-45(33-21-17-31(18-22-33)39-26-37-11-3-7-15-43(37)49-29-39)51-48(52-46)34-23-19-32(20-24-34)40-27-38-12-4-8-16-44(38)50-30-40/h1-30H. The second-order valence-corrected chi connectivity index (χ2v) is 13.1. The van der Waals surface area contributed by atoms with Crippen LogP contribution in [0.5, 0.6) is 0 Å². The molecule has 0 atom stereocenters. The van der Waals surface area contributed by atoms with E-state index in [4.69, 9.17) is 15.0 Å². The molecule has 0 aliphatic rings. The Morgan fingerprint density at radius 2 is 0.750 bits per heavy atom. The van der Waals surface area contributed by atoms with E-state index in [-0.39, 0.29) is 0 Å². The summed E-state index contributed by atoms with van der Waals surface area (Å²) in [6.45, 7) is 0. The molecular weight excluding hydrogens is 633 g/mol. The largest absolute Gasteiger partial charge is 0.256 e. The Morgan fingerprint density at radius 3 is 1.31 bits per heavy atom. The molecule has 242 valence electrons. The molecule has 3 aromatic heterocycles. The first kappa shape index (κ1) is 29.8. The van der Waals surface area contributed by atoms with Crippen molar-refractivity contribution < 1.29 is 0 Å². The molecule has 0 unspecified atom stereocenters. The van der Waals surface area contributed by atoms with Gasteiger partial charge in [-0.1, -0.05) is 133 Å². The third-order valence-electron chi connectivity index (χ3n) is 9.92. The maximum Gasteiger partial charge on any atom is 0.160 e. The Morgan fingerprint density at radius 1 is 0.308 bits per heavy atom. The molecule has 52 heavy (non-hydrogen) atoms. The number of hydrogen-bond donors (Lipinski definition) is 0. The third kappa shape index (κ3) is 5.34. The van der Waals surface area contributed by atoms with Gasteiger partial charge in [-0.2, -0.15) is 0 Å². The summed E-state index contributed by atoms with van der Waals surface area (Å²) in [5.74, 6) is 0.676. The van der Waals surface area contributed by atoms with Crippen LogP contribution >= 0.6 is 0 Å². The van der Waals surface area contributed by atoms with Gasteiger partial charge in [0.25, 0.3) is 0 Å². The van der Waals surface area contributed by atoms with E-state index in [9.17, 15) is 0 Å². The summed E-state index contributed by atoms with van der Waals surface area (Å²) >= 11 is 0. The lowest BCUT2D eigenvalue weighted by molar-refractivity contribution is 1.19. The van der Waals surface area contributed by atoms with Crippen molar-refractivity contribution in [3.8, 4) is 56.2 Å². The molecular formula is C48H30N4. The molecule has 0 fully saturated rings. The number of nitrogens with zero attached hydrogens (tertiary/aromatic N) is 4. The second kappa shape index (κ2) is 12.4. The summed E-state index contributed by atoms with van der Waals surface area (Å²) < 4.78 is 0. The van der Waals surface area contributed by atoms with E-state index in [0.717, 1.165) is 82.9 Å². The molecule has 0 spiro atoms. The summed E-state index contributed by atoms with van der Waals surface area (Å²) in [5.41, 5.74) is 11.2. The molecule has 10 rings (SSSR count). The van der Waals surface area contributed by atoms with Crippen molar-refractivity contribution >= 4 is 43.4 Å². The highest BCUT2D eigenvalue weighted by molar-refractivity contribution is 6.12. The molecule has 0 N–H and O–H groups in total. The second-order valence-electron chi connectivity index (χ2n) is 13.1. The monoisotopic (exact) mass is 662 g/mol. The minimum absolute atomic E-state index is 0.676.